The molecule has 6 nitrogen and oxygen atoms in total. The number of benzene rings is 2. The van der Waals surface area contributed by atoms with E-state index in [2.05, 4.69) is 16.0 Å². The molecule has 1 aliphatic heterocycles. The van der Waals surface area contributed by atoms with Gasteiger partial charge in [0.25, 0.3) is 11.8 Å². The number of carbonyl (C=O) groups is 3. The zero-order chi connectivity index (χ0) is 16.4. The van der Waals surface area contributed by atoms with Crippen LogP contribution in [0.1, 0.15) is 26.3 Å². The van der Waals surface area contributed by atoms with E-state index in [4.69, 9.17) is 0 Å². The summed E-state index contributed by atoms with van der Waals surface area (Å²) >= 11 is 0. The van der Waals surface area contributed by atoms with Gasteiger partial charge in [0.05, 0.1) is 17.7 Å². The maximum Gasteiger partial charge on any atom is 0.259 e. The minimum absolute atomic E-state index is 0.102. The van der Waals surface area contributed by atoms with Crippen LogP contribution in [0.5, 0.6) is 0 Å². The third-order valence-electron chi connectivity index (χ3n) is 3.52. The first kappa shape index (κ1) is 14.8. The second-order valence-corrected chi connectivity index (χ2v) is 5.31. The van der Waals surface area contributed by atoms with Gasteiger partial charge in [-0.15, -0.1) is 0 Å². The smallest absolute Gasteiger partial charge is 0.259 e. The third-order valence-corrected chi connectivity index (χ3v) is 3.52. The molecule has 3 rings (SSSR count). The van der Waals surface area contributed by atoms with Crippen LogP contribution in [0.3, 0.4) is 0 Å². The van der Waals surface area contributed by atoms with Crippen LogP contribution in [0.15, 0.2) is 42.5 Å². The normalized spacial score (nSPS) is 12.6. The number of anilines is 2. The van der Waals surface area contributed by atoms with Gasteiger partial charge >= 0.3 is 0 Å². The molecule has 2 aromatic rings. The van der Waals surface area contributed by atoms with Gasteiger partial charge in [0.1, 0.15) is 0 Å². The largest absolute Gasteiger partial charge is 0.376 e. The number of aryl methyl sites for hydroxylation is 1. The first-order valence-electron chi connectivity index (χ1n) is 7.13. The summed E-state index contributed by atoms with van der Waals surface area (Å²) in [4.78, 5) is 35.0. The Hall–Kier alpha value is -3.15. The molecule has 0 saturated heterocycles. The number of rotatable bonds is 4. The molecule has 0 atom stereocenters. The minimum Gasteiger partial charge on any atom is -0.376 e. The third kappa shape index (κ3) is 3.21. The number of carbonyl (C=O) groups excluding carboxylic acids is 3. The molecule has 3 amide bonds. The lowest BCUT2D eigenvalue weighted by molar-refractivity contribution is -0.114. The van der Waals surface area contributed by atoms with Crippen LogP contribution in [-0.2, 0) is 4.79 Å². The highest BCUT2D eigenvalue weighted by Crippen LogP contribution is 2.20. The average molecular weight is 309 g/mol. The highest BCUT2D eigenvalue weighted by atomic mass is 16.2. The lowest BCUT2D eigenvalue weighted by Crippen LogP contribution is -2.22. The van der Waals surface area contributed by atoms with E-state index in [1.807, 2.05) is 31.2 Å². The molecule has 0 saturated carbocycles. The number of hydrogen-bond donors (Lipinski definition) is 3. The number of nitrogens with one attached hydrogen (secondary N) is 3. The van der Waals surface area contributed by atoms with Gasteiger partial charge in [0.2, 0.25) is 5.91 Å². The number of imide groups is 1. The predicted octanol–water partition coefficient (Wildman–Crippen LogP) is 1.93. The number of hydrogen-bond acceptors (Lipinski definition) is 4. The standard InChI is InChI=1S/C17H15N3O3/c1-10-2-4-11(5-3-10)18-9-15(21)19-12-6-7-13-14(8-12)17(23)20-16(13)22/h2-8,18H,9H2,1H3,(H,19,21)(H,20,22,23). The highest BCUT2D eigenvalue weighted by Gasteiger charge is 2.26. The van der Waals surface area contributed by atoms with Crippen molar-refractivity contribution in [2.75, 3.05) is 17.2 Å². The van der Waals surface area contributed by atoms with Crippen molar-refractivity contribution in [2.24, 2.45) is 0 Å². The van der Waals surface area contributed by atoms with Crippen molar-refractivity contribution in [1.82, 2.24) is 5.32 Å². The Morgan fingerprint density at radius 1 is 0.957 bits per heavy atom. The topological polar surface area (TPSA) is 87.3 Å². The first-order valence-corrected chi connectivity index (χ1v) is 7.13. The fourth-order valence-electron chi connectivity index (χ4n) is 2.30. The quantitative estimate of drug-likeness (QED) is 0.753. The van der Waals surface area contributed by atoms with Gasteiger partial charge in [-0.05, 0) is 37.3 Å². The molecule has 116 valence electrons. The molecule has 23 heavy (non-hydrogen) atoms. The van der Waals surface area contributed by atoms with Crippen LogP contribution in [0.4, 0.5) is 11.4 Å². The second kappa shape index (κ2) is 5.92. The Morgan fingerprint density at radius 3 is 2.35 bits per heavy atom. The summed E-state index contributed by atoms with van der Waals surface area (Å²) in [6, 6.07) is 12.3. The van der Waals surface area contributed by atoms with Crippen LogP contribution in [0, 0.1) is 6.92 Å². The molecule has 1 aliphatic rings. The zero-order valence-electron chi connectivity index (χ0n) is 12.5. The first-order chi connectivity index (χ1) is 11.0. The molecule has 0 bridgehead atoms. The Bertz CT molecular complexity index is 797. The molecule has 0 radical (unpaired) electrons. The molecule has 6 heteroatoms. The van der Waals surface area contributed by atoms with E-state index in [-0.39, 0.29) is 18.0 Å². The molecule has 0 fully saturated rings. The molecular formula is C17H15N3O3. The predicted molar refractivity (Wildman–Crippen MR) is 86.5 cm³/mol. The molecule has 1 heterocycles. The summed E-state index contributed by atoms with van der Waals surface area (Å²) in [5, 5.41) is 7.92. The van der Waals surface area contributed by atoms with Gasteiger partial charge in [-0.3, -0.25) is 19.7 Å². The number of fused-ring (bicyclic) bond motifs is 1. The van der Waals surface area contributed by atoms with Crippen molar-refractivity contribution >= 4 is 29.1 Å². The van der Waals surface area contributed by atoms with Crippen molar-refractivity contribution in [3.63, 3.8) is 0 Å². The average Bonchev–Trinajstić information content (AvgIpc) is 2.81. The number of amides is 3. The molecule has 2 aromatic carbocycles. The van der Waals surface area contributed by atoms with Crippen LogP contribution in [-0.4, -0.2) is 24.3 Å². The summed E-state index contributed by atoms with van der Waals surface area (Å²) < 4.78 is 0. The van der Waals surface area contributed by atoms with Gasteiger partial charge in [0.15, 0.2) is 0 Å². The van der Waals surface area contributed by atoms with E-state index in [0.717, 1.165) is 11.3 Å². The molecular weight excluding hydrogens is 294 g/mol. The maximum atomic E-state index is 12.0. The Morgan fingerprint density at radius 2 is 1.61 bits per heavy atom. The summed E-state index contributed by atoms with van der Waals surface area (Å²) in [6.45, 7) is 2.09. The van der Waals surface area contributed by atoms with Gasteiger partial charge in [-0.2, -0.15) is 0 Å². The molecule has 0 spiro atoms. The monoisotopic (exact) mass is 309 g/mol. The van der Waals surface area contributed by atoms with Gasteiger partial charge in [-0.1, -0.05) is 17.7 Å². The van der Waals surface area contributed by atoms with Crippen molar-refractivity contribution in [1.29, 1.82) is 0 Å². The summed E-state index contributed by atoms with van der Waals surface area (Å²) in [6.07, 6.45) is 0. The summed E-state index contributed by atoms with van der Waals surface area (Å²) in [5.74, 6) is -1.10. The van der Waals surface area contributed by atoms with Crippen LogP contribution in [0.25, 0.3) is 0 Å². The van der Waals surface area contributed by atoms with Gasteiger partial charge in [-0.25, -0.2) is 0 Å². The van der Waals surface area contributed by atoms with E-state index < -0.39 is 11.8 Å². The highest BCUT2D eigenvalue weighted by molar-refractivity contribution is 6.22. The summed E-state index contributed by atoms with van der Waals surface area (Å²) in [7, 11) is 0. The Labute approximate surface area is 132 Å². The second-order valence-electron chi connectivity index (χ2n) is 5.31. The Kier molecular flexibility index (Phi) is 3.80. The van der Waals surface area contributed by atoms with Crippen molar-refractivity contribution in [3.05, 3.63) is 59.2 Å². The lowest BCUT2D eigenvalue weighted by atomic mass is 10.1. The minimum atomic E-state index is -0.445. The van der Waals surface area contributed by atoms with Crippen molar-refractivity contribution in [3.8, 4) is 0 Å². The summed E-state index contributed by atoms with van der Waals surface area (Å²) in [5.41, 5.74) is 3.07. The van der Waals surface area contributed by atoms with Crippen LogP contribution < -0.4 is 16.0 Å². The van der Waals surface area contributed by atoms with E-state index in [9.17, 15) is 14.4 Å². The molecule has 0 aromatic heterocycles. The fraction of sp³-hybridized carbons (Fsp3) is 0.118. The van der Waals surface area contributed by atoms with E-state index in [1.54, 1.807) is 6.07 Å². The molecule has 3 N–H and O–H groups in total. The van der Waals surface area contributed by atoms with Crippen LogP contribution in [0.2, 0.25) is 0 Å². The van der Waals surface area contributed by atoms with Crippen molar-refractivity contribution < 1.29 is 14.4 Å². The van der Waals surface area contributed by atoms with Gasteiger partial charge in [0, 0.05) is 11.4 Å². The lowest BCUT2D eigenvalue weighted by Gasteiger charge is -2.08. The maximum absolute atomic E-state index is 12.0. The Balaban J connectivity index is 1.62. The van der Waals surface area contributed by atoms with Crippen molar-refractivity contribution in [2.45, 2.75) is 6.92 Å². The van der Waals surface area contributed by atoms with E-state index in [0.29, 0.717) is 11.3 Å². The van der Waals surface area contributed by atoms with Gasteiger partial charge < -0.3 is 10.6 Å². The molecule has 0 unspecified atom stereocenters. The molecule has 0 aliphatic carbocycles. The fourth-order valence-corrected chi connectivity index (χ4v) is 2.30. The van der Waals surface area contributed by atoms with E-state index >= 15 is 0 Å². The van der Waals surface area contributed by atoms with E-state index in [1.165, 1.54) is 12.1 Å². The van der Waals surface area contributed by atoms with Crippen LogP contribution >= 0.6 is 0 Å². The SMILES string of the molecule is Cc1ccc(NCC(=O)Nc2ccc3c(c2)C(=O)NC3=O)cc1. The zero-order valence-corrected chi connectivity index (χ0v) is 12.5.